The Morgan fingerprint density at radius 2 is 1.80 bits per heavy atom. The first-order valence-electron chi connectivity index (χ1n) is 5.42. The van der Waals surface area contributed by atoms with Crippen LogP contribution in [0.15, 0.2) is 21.6 Å². The molecule has 0 radical (unpaired) electrons. The van der Waals surface area contributed by atoms with Crippen molar-refractivity contribution in [3.8, 4) is 0 Å². The maximum absolute atomic E-state index is 12.3. The predicted octanol–water partition coefficient (Wildman–Crippen LogP) is 2.98. The van der Waals surface area contributed by atoms with E-state index >= 15 is 0 Å². The van der Waals surface area contributed by atoms with Gasteiger partial charge in [0.2, 0.25) is 0 Å². The van der Waals surface area contributed by atoms with E-state index in [-0.39, 0.29) is 26.3 Å². The Kier molecular flexibility index (Phi) is 3.86. The summed E-state index contributed by atoms with van der Waals surface area (Å²) in [5, 5.41) is 3.80. The zero-order valence-electron chi connectivity index (χ0n) is 10.6. The first-order chi connectivity index (χ1) is 9.22. The van der Waals surface area contributed by atoms with Crippen LogP contribution in [0, 0.1) is 13.8 Å². The second kappa shape index (κ2) is 5.16. The molecular formula is C11H11Cl2N3O3S. The van der Waals surface area contributed by atoms with Gasteiger partial charge in [0.15, 0.2) is 5.76 Å². The van der Waals surface area contributed by atoms with E-state index < -0.39 is 10.0 Å². The monoisotopic (exact) mass is 335 g/mol. The molecule has 0 aliphatic heterocycles. The van der Waals surface area contributed by atoms with E-state index in [4.69, 9.17) is 33.5 Å². The second-order valence-electron chi connectivity index (χ2n) is 4.11. The third-order valence-electron chi connectivity index (χ3n) is 2.63. The molecule has 2 rings (SSSR count). The number of benzene rings is 1. The summed E-state index contributed by atoms with van der Waals surface area (Å²) in [4.78, 5) is -0.0956. The Hall–Kier alpha value is -1.44. The zero-order valence-corrected chi connectivity index (χ0v) is 12.9. The third-order valence-corrected chi connectivity index (χ3v) is 4.59. The Morgan fingerprint density at radius 1 is 1.25 bits per heavy atom. The number of nitrogens with zero attached hydrogens (tertiary/aromatic N) is 1. The summed E-state index contributed by atoms with van der Waals surface area (Å²) >= 11 is 11.7. The highest BCUT2D eigenvalue weighted by molar-refractivity contribution is 7.92. The van der Waals surface area contributed by atoms with Crippen LogP contribution in [0.25, 0.3) is 0 Å². The van der Waals surface area contributed by atoms with Gasteiger partial charge in [0.05, 0.1) is 20.6 Å². The van der Waals surface area contributed by atoms with E-state index in [0.717, 1.165) is 0 Å². The van der Waals surface area contributed by atoms with Crippen molar-refractivity contribution < 1.29 is 12.9 Å². The maximum atomic E-state index is 12.3. The molecule has 1 heterocycles. The highest BCUT2D eigenvalue weighted by Gasteiger charge is 2.21. The molecule has 0 spiro atoms. The Morgan fingerprint density at radius 3 is 2.25 bits per heavy atom. The van der Waals surface area contributed by atoms with Crippen LogP contribution in [0.1, 0.15) is 11.5 Å². The molecule has 6 nitrogen and oxygen atoms in total. The Labute approximate surface area is 125 Å². The molecule has 108 valence electrons. The van der Waals surface area contributed by atoms with Crippen LogP contribution in [0.3, 0.4) is 0 Å². The molecule has 1 aromatic heterocycles. The van der Waals surface area contributed by atoms with E-state index in [1.807, 2.05) is 0 Å². The van der Waals surface area contributed by atoms with Crippen LogP contribution >= 0.6 is 23.2 Å². The van der Waals surface area contributed by atoms with Crippen molar-refractivity contribution in [1.29, 1.82) is 0 Å². The van der Waals surface area contributed by atoms with Gasteiger partial charge in [0.25, 0.3) is 10.0 Å². The van der Waals surface area contributed by atoms with E-state index in [2.05, 4.69) is 9.88 Å². The van der Waals surface area contributed by atoms with Gasteiger partial charge in [0, 0.05) is 0 Å². The fraction of sp³-hybridized carbons (Fsp3) is 0.182. The minimum atomic E-state index is -3.86. The van der Waals surface area contributed by atoms with E-state index in [9.17, 15) is 8.42 Å². The smallest absolute Gasteiger partial charge is 0.262 e. The number of nitrogens with one attached hydrogen (secondary N) is 1. The van der Waals surface area contributed by atoms with Crippen molar-refractivity contribution in [2.75, 3.05) is 10.5 Å². The minimum absolute atomic E-state index is 0.0663. The number of anilines is 2. The number of aryl methyl sites for hydroxylation is 2. The van der Waals surface area contributed by atoms with Crippen molar-refractivity contribution in [3.63, 3.8) is 0 Å². The van der Waals surface area contributed by atoms with E-state index in [0.29, 0.717) is 11.5 Å². The third kappa shape index (κ3) is 2.70. The molecule has 9 heteroatoms. The van der Waals surface area contributed by atoms with E-state index in [1.165, 1.54) is 12.1 Å². The van der Waals surface area contributed by atoms with Crippen molar-refractivity contribution in [2.24, 2.45) is 0 Å². The molecule has 0 atom stereocenters. The van der Waals surface area contributed by atoms with Crippen molar-refractivity contribution >= 4 is 44.6 Å². The summed E-state index contributed by atoms with van der Waals surface area (Å²) in [6.45, 7) is 3.22. The van der Waals surface area contributed by atoms with Gasteiger partial charge in [-0.2, -0.15) is 0 Å². The highest BCUT2D eigenvalue weighted by Crippen LogP contribution is 2.32. The summed E-state index contributed by atoms with van der Waals surface area (Å²) in [6, 6.07) is 2.45. The number of nitrogens with two attached hydrogens (primary N) is 1. The van der Waals surface area contributed by atoms with Gasteiger partial charge >= 0.3 is 0 Å². The average Bonchev–Trinajstić information content (AvgIpc) is 2.66. The van der Waals surface area contributed by atoms with Crippen LogP contribution in [-0.4, -0.2) is 13.6 Å². The molecule has 0 fully saturated rings. The SMILES string of the molecule is Cc1noc(C)c1NS(=O)(=O)c1cc(Cl)c(N)c(Cl)c1. The predicted molar refractivity (Wildman–Crippen MR) is 77.7 cm³/mol. The van der Waals surface area contributed by atoms with Crippen LogP contribution in [0.5, 0.6) is 0 Å². The normalized spacial score (nSPS) is 11.6. The quantitative estimate of drug-likeness (QED) is 0.840. The standard InChI is InChI=1S/C11H11Cl2N3O3S/c1-5-11(6(2)19-15-5)16-20(17,18)7-3-8(12)10(14)9(13)4-7/h3-4,16H,14H2,1-2H3. The van der Waals surface area contributed by atoms with Crippen LogP contribution in [0.4, 0.5) is 11.4 Å². The van der Waals surface area contributed by atoms with Crippen LogP contribution in [-0.2, 0) is 10.0 Å². The molecule has 2 aromatic rings. The zero-order chi connectivity index (χ0) is 15.1. The van der Waals surface area contributed by atoms with Gasteiger partial charge < -0.3 is 10.3 Å². The molecule has 0 saturated heterocycles. The summed E-state index contributed by atoms with van der Waals surface area (Å²) < 4.78 is 31.8. The molecule has 0 aliphatic rings. The van der Waals surface area contributed by atoms with Crippen molar-refractivity contribution in [2.45, 2.75) is 18.7 Å². The maximum Gasteiger partial charge on any atom is 0.262 e. The molecule has 1 aromatic carbocycles. The molecule has 0 aliphatic carbocycles. The number of rotatable bonds is 3. The van der Waals surface area contributed by atoms with Crippen molar-refractivity contribution in [3.05, 3.63) is 33.6 Å². The van der Waals surface area contributed by atoms with Gasteiger partial charge in [-0.1, -0.05) is 28.4 Å². The van der Waals surface area contributed by atoms with Gasteiger partial charge in [0.1, 0.15) is 11.4 Å². The number of sulfonamides is 1. The van der Waals surface area contributed by atoms with Crippen molar-refractivity contribution in [1.82, 2.24) is 5.16 Å². The largest absolute Gasteiger partial charge is 0.396 e. The number of aromatic nitrogens is 1. The number of hydrogen-bond acceptors (Lipinski definition) is 5. The van der Waals surface area contributed by atoms with Gasteiger partial charge in [-0.25, -0.2) is 8.42 Å². The fourth-order valence-electron chi connectivity index (χ4n) is 1.54. The summed E-state index contributed by atoms with van der Waals surface area (Å²) in [7, 11) is -3.86. The number of halogens is 2. The summed E-state index contributed by atoms with van der Waals surface area (Å²) in [6.07, 6.45) is 0. The summed E-state index contributed by atoms with van der Waals surface area (Å²) in [5.41, 5.74) is 6.42. The molecular weight excluding hydrogens is 325 g/mol. The summed E-state index contributed by atoms with van der Waals surface area (Å²) in [5.74, 6) is 0.360. The molecule has 0 amide bonds. The lowest BCUT2D eigenvalue weighted by molar-refractivity contribution is 0.393. The molecule has 20 heavy (non-hydrogen) atoms. The van der Waals surface area contributed by atoms with Gasteiger partial charge in [-0.05, 0) is 26.0 Å². The Bertz CT molecular complexity index is 729. The lowest BCUT2D eigenvalue weighted by Gasteiger charge is -2.09. The topological polar surface area (TPSA) is 98.2 Å². The Balaban J connectivity index is 2.46. The van der Waals surface area contributed by atoms with Gasteiger partial charge in [-0.3, -0.25) is 4.72 Å². The highest BCUT2D eigenvalue weighted by atomic mass is 35.5. The molecule has 0 saturated carbocycles. The fourth-order valence-corrected chi connectivity index (χ4v) is 3.38. The molecule has 0 bridgehead atoms. The van der Waals surface area contributed by atoms with Crippen LogP contribution in [0.2, 0.25) is 10.0 Å². The number of hydrogen-bond donors (Lipinski definition) is 2. The minimum Gasteiger partial charge on any atom is -0.396 e. The second-order valence-corrected chi connectivity index (χ2v) is 6.60. The lowest BCUT2D eigenvalue weighted by Crippen LogP contribution is -2.14. The number of nitrogen functional groups attached to an aromatic ring is 1. The van der Waals surface area contributed by atoms with Crippen LogP contribution < -0.4 is 10.5 Å². The molecule has 3 N–H and O–H groups in total. The lowest BCUT2D eigenvalue weighted by atomic mass is 10.3. The molecule has 0 unspecified atom stereocenters. The van der Waals surface area contributed by atoms with Gasteiger partial charge in [-0.15, -0.1) is 0 Å². The first-order valence-corrected chi connectivity index (χ1v) is 7.66. The average molecular weight is 336 g/mol. The van der Waals surface area contributed by atoms with E-state index in [1.54, 1.807) is 13.8 Å². The first kappa shape index (κ1) is 15.0.